The minimum absolute atomic E-state index is 0.0350. The molecule has 1 fully saturated rings. The number of hydrogen-bond acceptors (Lipinski definition) is 5. The van der Waals surface area contributed by atoms with Crippen molar-refractivity contribution in [1.82, 2.24) is 14.1 Å². The lowest BCUT2D eigenvalue weighted by molar-refractivity contribution is -0.134. The van der Waals surface area contributed by atoms with Crippen LogP contribution in [0.5, 0.6) is 5.75 Å². The first-order valence-electron chi connectivity index (χ1n) is 8.99. The molecule has 1 aliphatic rings. The summed E-state index contributed by atoms with van der Waals surface area (Å²) in [6.45, 7) is 9.38. The Hall–Kier alpha value is -1.64. The Labute approximate surface area is 156 Å². The second kappa shape index (κ2) is 8.83. The molecule has 0 aromatic heterocycles. The maximum atomic E-state index is 12.6. The van der Waals surface area contributed by atoms with Gasteiger partial charge in [0.1, 0.15) is 5.75 Å². The molecule has 1 aliphatic heterocycles. The van der Waals surface area contributed by atoms with Crippen LogP contribution in [0.4, 0.5) is 0 Å². The average Bonchev–Trinajstić information content (AvgIpc) is 2.61. The highest BCUT2D eigenvalue weighted by molar-refractivity contribution is 7.89. The van der Waals surface area contributed by atoms with Gasteiger partial charge in [0, 0.05) is 39.3 Å². The molecular weight excluding hydrogens is 354 g/mol. The molecule has 1 heterocycles. The third kappa shape index (κ3) is 4.75. The number of aryl methyl sites for hydroxylation is 1. The Kier molecular flexibility index (Phi) is 7.02. The molecule has 0 saturated carbocycles. The van der Waals surface area contributed by atoms with Crippen LogP contribution in [-0.2, 0) is 14.8 Å². The number of nitrogens with zero attached hydrogens (tertiary/aromatic N) is 3. The Morgan fingerprint density at radius 3 is 2.31 bits per heavy atom. The second-order valence-corrected chi connectivity index (χ2v) is 8.43. The van der Waals surface area contributed by atoms with E-state index in [0.717, 1.165) is 13.1 Å². The number of sulfonamides is 1. The molecule has 7 nitrogen and oxygen atoms in total. The van der Waals surface area contributed by atoms with Crippen molar-refractivity contribution < 1.29 is 17.9 Å². The molecular formula is C18H29N3O4S. The number of rotatable bonds is 7. The van der Waals surface area contributed by atoms with E-state index in [-0.39, 0.29) is 17.4 Å². The number of carbonyl (C=O) groups excluding carboxylic acids is 1. The molecule has 0 unspecified atom stereocenters. The minimum atomic E-state index is -3.50. The zero-order valence-corrected chi connectivity index (χ0v) is 16.9. The van der Waals surface area contributed by atoms with Crippen LogP contribution in [0.25, 0.3) is 0 Å². The van der Waals surface area contributed by atoms with Crippen molar-refractivity contribution in [3.63, 3.8) is 0 Å². The largest absolute Gasteiger partial charge is 0.483 e. The van der Waals surface area contributed by atoms with Gasteiger partial charge in [0.15, 0.2) is 6.61 Å². The fourth-order valence-corrected chi connectivity index (χ4v) is 4.49. The molecule has 1 amide bonds. The SMILES string of the molecule is CCN(CC)S(=O)(=O)c1ccc(OCC(=O)N2CCN(C)CC2)c(C)c1. The lowest BCUT2D eigenvalue weighted by Crippen LogP contribution is -2.48. The molecule has 8 heteroatoms. The van der Waals surface area contributed by atoms with Crippen LogP contribution in [0.1, 0.15) is 19.4 Å². The summed E-state index contributed by atoms with van der Waals surface area (Å²) in [5.41, 5.74) is 0.699. The van der Waals surface area contributed by atoms with Gasteiger partial charge in [-0.15, -0.1) is 0 Å². The maximum Gasteiger partial charge on any atom is 0.260 e. The summed E-state index contributed by atoms with van der Waals surface area (Å²) in [5.74, 6) is 0.489. The van der Waals surface area contributed by atoms with Gasteiger partial charge in [0.25, 0.3) is 5.91 Å². The summed E-state index contributed by atoms with van der Waals surface area (Å²) < 4.78 is 32.2. The van der Waals surface area contributed by atoms with Crippen LogP contribution in [0, 0.1) is 6.92 Å². The number of amides is 1. The van der Waals surface area contributed by atoms with Crippen molar-refractivity contribution in [2.45, 2.75) is 25.7 Å². The average molecular weight is 384 g/mol. The summed E-state index contributed by atoms with van der Waals surface area (Å²) >= 11 is 0. The van der Waals surface area contributed by atoms with Crippen molar-refractivity contribution in [2.24, 2.45) is 0 Å². The lowest BCUT2D eigenvalue weighted by Gasteiger charge is -2.32. The van der Waals surface area contributed by atoms with Crippen LogP contribution in [-0.4, -0.2) is 81.4 Å². The van der Waals surface area contributed by atoms with Gasteiger partial charge in [-0.25, -0.2) is 8.42 Å². The Balaban J connectivity index is 2.02. The number of hydrogen-bond donors (Lipinski definition) is 0. The van der Waals surface area contributed by atoms with Crippen LogP contribution in [0.15, 0.2) is 23.1 Å². The van der Waals surface area contributed by atoms with Gasteiger partial charge in [-0.05, 0) is 37.7 Å². The van der Waals surface area contributed by atoms with E-state index in [1.54, 1.807) is 24.0 Å². The van der Waals surface area contributed by atoms with Crippen LogP contribution < -0.4 is 4.74 Å². The molecule has 0 aliphatic carbocycles. The Morgan fingerprint density at radius 2 is 1.77 bits per heavy atom. The summed E-state index contributed by atoms with van der Waals surface area (Å²) in [6, 6.07) is 4.77. The molecule has 0 atom stereocenters. The summed E-state index contributed by atoms with van der Waals surface area (Å²) in [6.07, 6.45) is 0. The highest BCUT2D eigenvalue weighted by atomic mass is 32.2. The van der Waals surface area contributed by atoms with Crippen LogP contribution in [0.3, 0.4) is 0 Å². The van der Waals surface area contributed by atoms with Gasteiger partial charge in [-0.3, -0.25) is 4.79 Å². The monoisotopic (exact) mass is 383 g/mol. The van der Waals surface area contributed by atoms with E-state index in [1.165, 1.54) is 10.4 Å². The normalized spacial score (nSPS) is 16.1. The highest BCUT2D eigenvalue weighted by Gasteiger charge is 2.23. The third-order valence-corrected chi connectivity index (χ3v) is 6.74. The van der Waals surface area contributed by atoms with E-state index in [1.807, 2.05) is 20.9 Å². The van der Waals surface area contributed by atoms with Crippen LogP contribution in [0.2, 0.25) is 0 Å². The molecule has 1 aromatic rings. The summed E-state index contributed by atoms with van der Waals surface area (Å²) in [5, 5.41) is 0. The molecule has 26 heavy (non-hydrogen) atoms. The van der Waals surface area contributed by atoms with E-state index >= 15 is 0 Å². The maximum absolute atomic E-state index is 12.6. The second-order valence-electron chi connectivity index (χ2n) is 6.49. The molecule has 146 valence electrons. The Bertz CT molecular complexity index is 724. The Morgan fingerprint density at radius 1 is 1.15 bits per heavy atom. The van der Waals surface area contributed by atoms with Gasteiger partial charge in [0.2, 0.25) is 10.0 Å². The number of likely N-dealkylation sites (N-methyl/N-ethyl adjacent to an activating group) is 1. The number of piperazine rings is 1. The number of benzene rings is 1. The van der Waals surface area contributed by atoms with E-state index in [9.17, 15) is 13.2 Å². The van der Waals surface area contributed by atoms with Gasteiger partial charge < -0.3 is 14.5 Å². The summed E-state index contributed by atoms with van der Waals surface area (Å²) in [7, 11) is -1.46. The molecule has 2 rings (SSSR count). The van der Waals surface area contributed by atoms with Crippen molar-refractivity contribution in [3.05, 3.63) is 23.8 Å². The zero-order chi connectivity index (χ0) is 19.3. The molecule has 0 N–H and O–H groups in total. The van der Waals surface area contributed by atoms with Gasteiger partial charge in [-0.2, -0.15) is 4.31 Å². The fourth-order valence-electron chi connectivity index (χ4n) is 2.94. The van der Waals surface area contributed by atoms with E-state index in [4.69, 9.17) is 4.74 Å². The predicted octanol–water partition coefficient (Wildman–Crippen LogP) is 1.18. The molecule has 0 radical (unpaired) electrons. The quantitative estimate of drug-likeness (QED) is 0.707. The van der Waals surface area contributed by atoms with Crippen LogP contribution >= 0.6 is 0 Å². The molecule has 1 saturated heterocycles. The zero-order valence-electron chi connectivity index (χ0n) is 16.1. The van der Waals surface area contributed by atoms with Crippen molar-refractivity contribution >= 4 is 15.9 Å². The number of carbonyl (C=O) groups is 1. The van der Waals surface area contributed by atoms with Gasteiger partial charge in [-0.1, -0.05) is 13.8 Å². The number of ether oxygens (including phenoxy) is 1. The first kappa shape index (κ1) is 20.7. The molecule has 1 aromatic carbocycles. The van der Waals surface area contributed by atoms with Crippen molar-refractivity contribution in [2.75, 3.05) is 52.9 Å². The summed E-state index contributed by atoms with van der Waals surface area (Å²) in [4.78, 5) is 16.5. The standard InChI is InChI=1S/C18H29N3O4S/c1-5-21(6-2)26(23,24)16-7-8-17(15(3)13-16)25-14-18(22)20-11-9-19(4)10-12-20/h7-8,13H,5-6,9-12,14H2,1-4H3. The highest BCUT2D eigenvalue weighted by Crippen LogP contribution is 2.24. The van der Waals surface area contributed by atoms with E-state index < -0.39 is 10.0 Å². The van der Waals surface area contributed by atoms with Crippen molar-refractivity contribution in [3.8, 4) is 5.75 Å². The smallest absolute Gasteiger partial charge is 0.260 e. The first-order chi connectivity index (χ1) is 12.3. The topological polar surface area (TPSA) is 70.2 Å². The predicted molar refractivity (Wildman–Crippen MR) is 101 cm³/mol. The fraction of sp³-hybridized carbons (Fsp3) is 0.611. The van der Waals surface area contributed by atoms with Gasteiger partial charge >= 0.3 is 0 Å². The third-order valence-electron chi connectivity index (χ3n) is 4.70. The van der Waals surface area contributed by atoms with Crippen molar-refractivity contribution in [1.29, 1.82) is 0 Å². The minimum Gasteiger partial charge on any atom is -0.483 e. The first-order valence-corrected chi connectivity index (χ1v) is 10.4. The van der Waals surface area contributed by atoms with Gasteiger partial charge in [0.05, 0.1) is 4.90 Å². The lowest BCUT2D eigenvalue weighted by atomic mass is 10.2. The van der Waals surface area contributed by atoms with E-state index in [2.05, 4.69) is 4.90 Å². The van der Waals surface area contributed by atoms with E-state index in [0.29, 0.717) is 37.5 Å². The molecule has 0 spiro atoms. The molecule has 0 bridgehead atoms.